The SMILES string of the molecule is O=C(NC1CC1)c1ccc(CN(Cc2ccccc2[N+](=O)[O-])C2CC2)cc1. The Bertz CT molecular complexity index is 842. The molecule has 0 atom stereocenters. The molecule has 6 heteroatoms. The molecule has 2 aromatic carbocycles. The normalized spacial score (nSPS) is 16.3. The summed E-state index contributed by atoms with van der Waals surface area (Å²) < 4.78 is 0. The van der Waals surface area contributed by atoms with E-state index in [4.69, 9.17) is 0 Å². The van der Waals surface area contributed by atoms with E-state index in [0.717, 1.165) is 43.4 Å². The van der Waals surface area contributed by atoms with Gasteiger partial charge in [0.15, 0.2) is 0 Å². The predicted octanol–water partition coefficient (Wildman–Crippen LogP) is 3.65. The van der Waals surface area contributed by atoms with Crippen molar-refractivity contribution >= 4 is 11.6 Å². The molecule has 1 amide bonds. The number of nitrogens with one attached hydrogen (secondary N) is 1. The van der Waals surface area contributed by atoms with Gasteiger partial charge in [0.1, 0.15) is 0 Å². The molecule has 140 valence electrons. The molecule has 27 heavy (non-hydrogen) atoms. The van der Waals surface area contributed by atoms with Crippen molar-refractivity contribution in [1.29, 1.82) is 0 Å². The number of carbonyl (C=O) groups is 1. The van der Waals surface area contributed by atoms with Gasteiger partial charge in [-0.05, 0) is 43.4 Å². The fourth-order valence-electron chi connectivity index (χ4n) is 3.29. The third-order valence-electron chi connectivity index (χ3n) is 5.14. The summed E-state index contributed by atoms with van der Waals surface area (Å²) in [4.78, 5) is 25.4. The maximum absolute atomic E-state index is 12.1. The van der Waals surface area contributed by atoms with E-state index < -0.39 is 0 Å². The number of hydrogen-bond donors (Lipinski definition) is 1. The highest BCUT2D eigenvalue weighted by Gasteiger charge is 2.30. The molecule has 0 saturated heterocycles. The van der Waals surface area contributed by atoms with Gasteiger partial charge < -0.3 is 5.32 Å². The van der Waals surface area contributed by atoms with Gasteiger partial charge in [-0.3, -0.25) is 19.8 Å². The van der Waals surface area contributed by atoms with Crippen molar-refractivity contribution in [2.75, 3.05) is 0 Å². The number of carbonyl (C=O) groups excluding carboxylic acids is 1. The standard InChI is InChI=1S/C21H23N3O3/c25-21(22-18-9-10-18)16-7-5-15(6-8-16)13-23(19-11-12-19)14-17-3-1-2-4-20(17)24(26)27/h1-8,18-19H,9-14H2,(H,22,25). The summed E-state index contributed by atoms with van der Waals surface area (Å²) in [5.41, 5.74) is 2.72. The lowest BCUT2D eigenvalue weighted by Crippen LogP contribution is -2.26. The summed E-state index contributed by atoms with van der Waals surface area (Å²) in [6, 6.07) is 15.5. The van der Waals surface area contributed by atoms with Crippen molar-refractivity contribution in [3.8, 4) is 0 Å². The molecular weight excluding hydrogens is 342 g/mol. The van der Waals surface area contributed by atoms with Gasteiger partial charge in [0.05, 0.1) is 4.92 Å². The van der Waals surface area contributed by atoms with Crippen molar-refractivity contribution in [3.63, 3.8) is 0 Å². The van der Waals surface area contributed by atoms with Gasteiger partial charge in [0, 0.05) is 42.4 Å². The summed E-state index contributed by atoms with van der Waals surface area (Å²) in [5.74, 6) is -0.0111. The van der Waals surface area contributed by atoms with Gasteiger partial charge in [-0.15, -0.1) is 0 Å². The van der Waals surface area contributed by atoms with Crippen LogP contribution in [0.1, 0.15) is 47.2 Å². The van der Waals surface area contributed by atoms with E-state index >= 15 is 0 Å². The van der Waals surface area contributed by atoms with Crippen LogP contribution in [0.3, 0.4) is 0 Å². The number of nitro groups is 1. The van der Waals surface area contributed by atoms with E-state index in [1.807, 2.05) is 36.4 Å². The van der Waals surface area contributed by atoms with Crippen LogP contribution in [0.4, 0.5) is 5.69 Å². The molecule has 0 unspecified atom stereocenters. The number of nitro benzene ring substituents is 1. The molecule has 6 nitrogen and oxygen atoms in total. The highest BCUT2D eigenvalue weighted by molar-refractivity contribution is 5.94. The quantitative estimate of drug-likeness (QED) is 0.572. The van der Waals surface area contributed by atoms with Crippen LogP contribution in [-0.4, -0.2) is 27.8 Å². The topological polar surface area (TPSA) is 75.5 Å². The highest BCUT2D eigenvalue weighted by atomic mass is 16.6. The molecule has 0 radical (unpaired) electrons. The van der Waals surface area contributed by atoms with Crippen LogP contribution >= 0.6 is 0 Å². The first kappa shape index (κ1) is 17.7. The number of nitrogens with zero attached hydrogens (tertiary/aromatic N) is 2. The summed E-state index contributed by atoms with van der Waals surface area (Å²) in [5, 5.41) is 14.3. The minimum Gasteiger partial charge on any atom is -0.349 e. The maximum atomic E-state index is 12.1. The van der Waals surface area contributed by atoms with Gasteiger partial charge in [-0.25, -0.2) is 0 Å². The molecular formula is C21H23N3O3. The fraction of sp³-hybridized carbons (Fsp3) is 0.381. The van der Waals surface area contributed by atoms with Crippen molar-refractivity contribution in [2.45, 2.75) is 50.9 Å². The average molecular weight is 365 g/mol. The minimum absolute atomic E-state index is 0.0111. The molecule has 0 aromatic heterocycles. The maximum Gasteiger partial charge on any atom is 0.273 e. The van der Waals surface area contributed by atoms with Crippen LogP contribution in [0.15, 0.2) is 48.5 Å². The fourth-order valence-corrected chi connectivity index (χ4v) is 3.29. The Morgan fingerprint density at radius 3 is 2.37 bits per heavy atom. The number of para-hydroxylation sites is 1. The third-order valence-corrected chi connectivity index (χ3v) is 5.14. The van der Waals surface area contributed by atoms with Gasteiger partial charge >= 0.3 is 0 Å². The number of amides is 1. The highest BCUT2D eigenvalue weighted by Crippen LogP contribution is 2.31. The van der Waals surface area contributed by atoms with E-state index in [-0.39, 0.29) is 16.5 Å². The molecule has 2 aliphatic rings. The van der Waals surface area contributed by atoms with Crippen molar-refractivity contribution < 1.29 is 9.72 Å². The molecule has 1 N–H and O–H groups in total. The molecule has 0 spiro atoms. The van der Waals surface area contributed by atoms with Gasteiger partial charge in [0.25, 0.3) is 11.6 Å². The van der Waals surface area contributed by atoms with Crippen LogP contribution in [-0.2, 0) is 13.1 Å². The van der Waals surface area contributed by atoms with Gasteiger partial charge in [-0.2, -0.15) is 0 Å². The average Bonchev–Trinajstić information content (AvgIpc) is 3.56. The Morgan fingerprint density at radius 2 is 1.74 bits per heavy atom. The zero-order valence-electron chi connectivity index (χ0n) is 15.1. The largest absolute Gasteiger partial charge is 0.349 e. The van der Waals surface area contributed by atoms with E-state index in [2.05, 4.69) is 10.2 Å². The molecule has 0 bridgehead atoms. The number of hydrogen-bond acceptors (Lipinski definition) is 4. The van der Waals surface area contributed by atoms with Crippen LogP contribution in [0, 0.1) is 10.1 Å². The lowest BCUT2D eigenvalue weighted by molar-refractivity contribution is -0.385. The van der Waals surface area contributed by atoms with Gasteiger partial charge in [0.2, 0.25) is 0 Å². The Balaban J connectivity index is 1.44. The van der Waals surface area contributed by atoms with E-state index in [1.54, 1.807) is 12.1 Å². The van der Waals surface area contributed by atoms with E-state index in [1.165, 1.54) is 0 Å². The summed E-state index contributed by atoms with van der Waals surface area (Å²) in [7, 11) is 0. The molecule has 0 aliphatic heterocycles. The molecule has 2 saturated carbocycles. The van der Waals surface area contributed by atoms with Crippen LogP contribution in [0.5, 0.6) is 0 Å². The first-order chi connectivity index (χ1) is 13.1. The second kappa shape index (κ2) is 7.48. The zero-order valence-corrected chi connectivity index (χ0v) is 15.1. The minimum atomic E-state index is -0.312. The molecule has 2 aliphatic carbocycles. The summed E-state index contributed by atoms with van der Waals surface area (Å²) >= 11 is 0. The zero-order chi connectivity index (χ0) is 18.8. The second-order valence-corrected chi connectivity index (χ2v) is 7.47. The van der Waals surface area contributed by atoms with E-state index in [0.29, 0.717) is 24.2 Å². The smallest absolute Gasteiger partial charge is 0.273 e. The monoisotopic (exact) mass is 365 g/mol. The summed E-state index contributed by atoms with van der Waals surface area (Å²) in [6.45, 7) is 1.28. The lowest BCUT2D eigenvalue weighted by atomic mass is 10.1. The number of benzene rings is 2. The predicted molar refractivity (Wildman–Crippen MR) is 102 cm³/mol. The van der Waals surface area contributed by atoms with Crippen molar-refractivity contribution in [1.82, 2.24) is 10.2 Å². The first-order valence-electron chi connectivity index (χ1n) is 9.46. The first-order valence-corrected chi connectivity index (χ1v) is 9.46. The van der Waals surface area contributed by atoms with Gasteiger partial charge in [-0.1, -0.05) is 30.3 Å². The van der Waals surface area contributed by atoms with Crippen LogP contribution in [0.25, 0.3) is 0 Å². The van der Waals surface area contributed by atoms with Crippen molar-refractivity contribution in [3.05, 3.63) is 75.3 Å². The van der Waals surface area contributed by atoms with Crippen LogP contribution in [0.2, 0.25) is 0 Å². The lowest BCUT2D eigenvalue weighted by Gasteiger charge is -2.22. The Labute approximate surface area is 158 Å². The Hall–Kier alpha value is -2.73. The molecule has 2 fully saturated rings. The number of rotatable bonds is 8. The Morgan fingerprint density at radius 1 is 1.04 bits per heavy atom. The molecule has 4 rings (SSSR count). The van der Waals surface area contributed by atoms with E-state index in [9.17, 15) is 14.9 Å². The van der Waals surface area contributed by atoms with Crippen molar-refractivity contribution in [2.24, 2.45) is 0 Å². The summed E-state index contributed by atoms with van der Waals surface area (Å²) in [6.07, 6.45) is 4.41. The van der Waals surface area contributed by atoms with Crippen LogP contribution < -0.4 is 5.32 Å². The molecule has 0 heterocycles. The Kier molecular flexibility index (Phi) is 4.90. The molecule has 2 aromatic rings. The third kappa shape index (κ3) is 4.52. The second-order valence-electron chi connectivity index (χ2n) is 7.47.